The maximum atomic E-state index is 2.71. The molecular weight excluding hydrogens is 413 g/mol. The normalized spacial score (nSPS) is 16.3. The van der Waals surface area contributed by atoms with E-state index in [2.05, 4.69) is 69.7 Å². The molecule has 0 amide bonds. The molecular formula is C16H33HfN3. The van der Waals surface area contributed by atoms with Gasteiger partial charge in [-0.25, -0.2) is 0 Å². The average molecular weight is 446 g/mol. The summed E-state index contributed by atoms with van der Waals surface area (Å²) in [6.07, 6.45) is 7.09. The van der Waals surface area contributed by atoms with Gasteiger partial charge in [0.1, 0.15) is 0 Å². The van der Waals surface area contributed by atoms with Crippen molar-refractivity contribution in [1.82, 2.24) is 8.66 Å². The zero-order valence-corrected chi connectivity index (χ0v) is 18.1. The SMILES string of the molecule is CCC1=[C]([Hf]([N](C)CC)([N](C)CC)[N](C)CC)CC=C1. The predicted molar refractivity (Wildman–Crippen MR) is 86.0 cm³/mol. The number of allylic oxidation sites excluding steroid dienone is 4. The standard InChI is InChI=1S/C7H9.3C3H8N.Hf/c1-2-7-5-3-4-6-7;3*1-3-4-2;/h3,5H,2,4H2,1H3;3*3H2,1-2H3;/q;3*-1;+3. The first kappa shape index (κ1) is 18.3. The molecule has 20 heavy (non-hydrogen) atoms. The molecule has 0 spiro atoms. The molecule has 0 radical (unpaired) electrons. The van der Waals surface area contributed by atoms with Crippen LogP contribution in [0.1, 0.15) is 40.5 Å². The van der Waals surface area contributed by atoms with Crippen molar-refractivity contribution in [3.63, 3.8) is 0 Å². The van der Waals surface area contributed by atoms with Crippen LogP contribution >= 0.6 is 0 Å². The molecule has 0 aliphatic heterocycles. The van der Waals surface area contributed by atoms with Gasteiger partial charge in [-0.05, 0) is 0 Å². The Balaban J connectivity index is 3.45. The molecule has 0 atom stereocenters. The van der Waals surface area contributed by atoms with Crippen LogP contribution in [0.5, 0.6) is 0 Å². The Morgan fingerprint density at radius 2 is 1.35 bits per heavy atom. The quantitative estimate of drug-likeness (QED) is 0.530. The molecule has 3 nitrogen and oxygen atoms in total. The van der Waals surface area contributed by atoms with Gasteiger partial charge in [-0.1, -0.05) is 0 Å². The van der Waals surface area contributed by atoms with Crippen molar-refractivity contribution in [3.05, 3.63) is 21.1 Å². The topological polar surface area (TPSA) is 9.72 Å². The van der Waals surface area contributed by atoms with Crippen LogP contribution in [0, 0.1) is 0 Å². The van der Waals surface area contributed by atoms with Crippen molar-refractivity contribution >= 4 is 0 Å². The van der Waals surface area contributed by atoms with E-state index < -0.39 is 20.8 Å². The van der Waals surface area contributed by atoms with E-state index in [4.69, 9.17) is 0 Å². The van der Waals surface area contributed by atoms with E-state index in [9.17, 15) is 0 Å². The molecule has 0 bridgehead atoms. The molecule has 1 aliphatic rings. The van der Waals surface area contributed by atoms with Crippen LogP contribution in [0.25, 0.3) is 0 Å². The summed E-state index contributed by atoms with van der Waals surface area (Å²) in [6, 6.07) is 0. The molecule has 0 N–H and O–H groups in total. The summed E-state index contributed by atoms with van der Waals surface area (Å²) < 4.78 is 9.90. The molecule has 0 aromatic heterocycles. The van der Waals surface area contributed by atoms with Gasteiger partial charge in [-0.15, -0.1) is 0 Å². The molecule has 0 aromatic rings. The minimum atomic E-state index is -3.04. The number of nitrogens with zero attached hydrogens (tertiary/aromatic N) is 3. The first-order chi connectivity index (χ1) is 9.50. The Kier molecular flexibility index (Phi) is 7.33. The molecule has 4 heteroatoms. The van der Waals surface area contributed by atoms with Gasteiger partial charge in [0, 0.05) is 0 Å². The number of rotatable bonds is 8. The van der Waals surface area contributed by atoms with Crippen LogP contribution in [0.15, 0.2) is 21.1 Å². The third-order valence-electron chi connectivity index (χ3n) is 4.83. The first-order valence-corrected chi connectivity index (χ1v) is 14.6. The van der Waals surface area contributed by atoms with E-state index in [1.807, 2.05) is 0 Å². The molecule has 0 fully saturated rings. The fourth-order valence-electron chi connectivity index (χ4n) is 3.46. The second-order valence-corrected chi connectivity index (χ2v) is 20.6. The summed E-state index contributed by atoms with van der Waals surface area (Å²) in [5.74, 6) is 0. The van der Waals surface area contributed by atoms with Crippen LogP contribution in [-0.2, 0) is 20.8 Å². The predicted octanol–water partition coefficient (Wildman–Crippen LogP) is 3.36. The van der Waals surface area contributed by atoms with Crippen LogP contribution < -0.4 is 0 Å². The van der Waals surface area contributed by atoms with Gasteiger partial charge in [0.05, 0.1) is 0 Å². The zero-order valence-electron chi connectivity index (χ0n) is 14.5. The van der Waals surface area contributed by atoms with E-state index in [0.29, 0.717) is 0 Å². The summed E-state index contributed by atoms with van der Waals surface area (Å²) in [5.41, 5.74) is 1.60. The Bertz CT molecular complexity index is 349. The van der Waals surface area contributed by atoms with E-state index in [0.717, 1.165) is 19.6 Å². The molecule has 0 aromatic carbocycles. The van der Waals surface area contributed by atoms with Gasteiger partial charge in [0.25, 0.3) is 0 Å². The van der Waals surface area contributed by atoms with Crippen LogP contribution in [0.4, 0.5) is 0 Å². The summed E-state index contributed by atoms with van der Waals surface area (Å²) in [7, 11) is 7.04. The molecule has 116 valence electrons. The molecule has 0 saturated carbocycles. The molecule has 1 aliphatic carbocycles. The van der Waals surface area contributed by atoms with Gasteiger partial charge >= 0.3 is 132 Å². The van der Waals surface area contributed by atoms with Crippen LogP contribution in [0.3, 0.4) is 0 Å². The van der Waals surface area contributed by atoms with Gasteiger partial charge in [0.15, 0.2) is 0 Å². The molecule has 1 rings (SSSR count). The van der Waals surface area contributed by atoms with Crippen LogP contribution in [0.2, 0.25) is 0 Å². The van der Waals surface area contributed by atoms with Crippen molar-refractivity contribution in [2.75, 3.05) is 40.8 Å². The maximum absolute atomic E-state index is 3.04. The second-order valence-electron chi connectivity index (χ2n) is 5.64. The molecule has 0 saturated heterocycles. The van der Waals surface area contributed by atoms with Gasteiger partial charge < -0.3 is 0 Å². The van der Waals surface area contributed by atoms with Gasteiger partial charge in [-0.3, -0.25) is 0 Å². The Morgan fingerprint density at radius 3 is 1.70 bits per heavy atom. The third-order valence-corrected chi connectivity index (χ3v) is 24.5. The minimum absolute atomic E-state index is 1.14. The Labute approximate surface area is 131 Å². The Hall–Kier alpha value is 0.230. The fourth-order valence-corrected chi connectivity index (χ4v) is 23.4. The van der Waals surface area contributed by atoms with E-state index in [1.54, 1.807) is 8.90 Å². The molecule has 0 unspecified atom stereocenters. The number of hydrogen-bond acceptors (Lipinski definition) is 3. The number of hydrogen-bond donors (Lipinski definition) is 0. The van der Waals surface area contributed by atoms with Crippen LogP contribution in [-0.4, -0.2) is 49.4 Å². The second kappa shape index (κ2) is 8.02. The summed E-state index contributed by atoms with van der Waals surface area (Å²) in [5, 5.41) is 0. The fraction of sp³-hybridized carbons (Fsp3) is 0.750. The van der Waals surface area contributed by atoms with Crippen molar-refractivity contribution < 1.29 is 20.8 Å². The molecule has 0 heterocycles. The van der Waals surface area contributed by atoms with Crippen molar-refractivity contribution in [2.24, 2.45) is 0 Å². The van der Waals surface area contributed by atoms with Gasteiger partial charge in [0.2, 0.25) is 0 Å². The van der Waals surface area contributed by atoms with E-state index >= 15 is 0 Å². The van der Waals surface area contributed by atoms with E-state index in [1.165, 1.54) is 12.8 Å². The first-order valence-electron chi connectivity index (χ1n) is 8.03. The van der Waals surface area contributed by atoms with E-state index in [-0.39, 0.29) is 0 Å². The van der Waals surface area contributed by atoms with Crippen molar-refractivity contribution in [3.8, 4) is 0 Å². The Morgan fingerprint density at radius 1 is 0.900 bits per heavy atom. The monoisotopic (exact) mass is 447 g/mol. The zero-order chi connectivity index (χ0) is 15.3. The summed E-state index contributed by atoms with van der Waals surface area (Å²) in [6.45, 7) is 12.6. The summed E-state index contributed by atoms with van der Waals surface area (Å²) >= 11 is -3.04. The third kappa shape index (κ3) is 3.03. The summed E-state index contributed by atoms with van der Waals surface area (Å²) in [4.78, 5) is 0. The van der Waals surface area contributed by atoms with Gasteiger partial charge in [-0.2, -0.15) is 0 Å². The average Bonchev–Trinajstić information content (AvgIpc) is 2.95. The van der Waals surface area contributed by atoms with Crippen molar-refractivity contribution in [1.29, 1.82) is 0 Å². The van der Waals surface area contributed by atoms with Crippen molar-refractivity contribution in [2.45, 2.75) is 40.5 Å².